The van der Waals surface area contributed by atoms with E-state index in [9.17, 15) is 14.4 Å². The maximum atomic E-state index is 13.4. The normalized spacial score (nSPS) is 21.0. The minimum Gasteiger partial charge on any atom is -0.467 e. The predicted molar refractivity (Wildman–Crippen MR) is 108 cm³/mol. The van der Waals surface area contributed by atoms with Crippen LogP contribution in [0.1, 0.15) is 61.8 Å². The van der Waals surface area contributed by atoms with Gasteiger partial charge in [0.1, 0.15) is 17.7 Å². The molecule has 1 aliphatic rings. The number of carbonyl (C=O) groups is 3. The molecule has 0 saturated carbocycles. The molecule has 0 radical (unpaired) electrons. The fourth-order valence-electron chi connectivity index (χ4n) is 3.33. The van der Waals surface area contributed by atoms with Crippen molar-refractivity contribution >= 4 is 18.0 Å². The summed E-state index contributed by atoms with van der Waals surface area (Å²) < 4.78 is 10.3. The molecule has 7 heteroatoms. The van der Waals surface area contributed by atoms with Gasteiger partial charge in [-0.3, -0.25) is 4.79 Å². The highest BCUT2D eigenvalue weighted by Gasteiger charge is 2.46. The number of alkyl carbamates (subject to hydrolysis) is 1. The molecule has 1 saturated heterocycles. The first kappa shape index (κ1) is 24.0. The number of rotatable bonds is 4. The molecule has 0 aromatic heterocycles. The molecule has 0 spiro atoms. The zero-order chi connectivity index (χ0) is 21.9. The molecule has 28 heavy (non-hydrogen) atoms. The third-order valence-corrected chi connectivity index (χ3v) is 4.49. The van der Waals surface area contributed by atoms with Crippen molar-refractivity contribution in [2.75, 3.05) is 13.7 Å². The van der Waals surface area contributed by atoms with Crippen LogP contribution in [0.15, 0.2) is 11.6 Å². The van der Waals surface area contributed by atoms with Gasteiger partial charge < -0.3 is 19.7 Å². The van der Waals surface area contributed by atoms with E-state index in [0.29, 0.717) is 13.0 Å². The first-order valence-electron chi connectivity index (χ1n) is 9.70. The molecule has 0 aromatic rings. The van der Waals surface area contributed by atoms with Crippen LogP contribution >= 0.6 is 0 Å². The van der Waals surface area contributed by atoms with Crippen molar-refractivity contribution in [1.82, 2.24) is 10.2 Å². The van der Waals surface area contributed by atoms with E-state index in [1.807, 2.05) is 40.7 Å². The van der Waals surface area contributed by atoms with Crippen LogP contribution in [0.2, 0.25) is 0 Å². The highest BCUT2D eigenvalue weighted by Crippen LogP contribution is 2.31. The number of amides is 2. The molecular weight excluding hydrogens is 360 g/mol. The summed E-state index contributed by atoms with van der Waals surface area (Å²) >= 11 is 0. The van der Waals surface area contributed by atoms with Crippen molar-refractivity contribution in [2.24, 2.45) is 11.3 Å². The summed E-state index contributed by atoms with van der Waals surface area (Å²) in [5, 5.41) is 2.70. The van der Waals surface area contributed by atoms with E-state index in [2.05, 4.69) is 5.32 Å². The second-order valence-corrected chi connectivity index (χ2v) is 9.64. The van der Waals surface area contributed by atoms with Gasteiger partial charge in [-0.2, -0.15) is 0 Å². The summed E-state index contributed by atoms with van der Waals surface area (Å²) in [4.78, 5) is 39.7. The minimum absolute atomic E-state index is 0.108. The van der Waals surface area contributed by atoms with E-state index < -0.39 is 35.2 Å². The largest absolute Gasteiger partial charge is 0.467 e. The molecule has 1 N–H and O–H groups in total. The molecular formula is C21H36N2O5. The average molecular weight is 397 g/mol. The van der Waals surface area contributed by atoms with Crippen LogP contribution in [0.25, 0.3) is 0 Å². The number of ether oxygens (including phenoxy) is 2. The second kappa shape index (κ2) is 8.97. The van der Waals surface area contributed by atoms with Crippen LogP contribution in [0, 0.1) is 11.3 Å². The van der Waals surface area contributed by atoms with Gasteiger partial charge in [-0.1, -0.05) is 32.4 Å². The Bertz CT molecular complexity index is 624. The Kier molecular flexibility index (Phi) is 7.68. The van der Waals surface area contributed by atoms with Crippen LogP contribution in [0.3, 0.4) is 0 Å². The Hall–Kier alpha value is -2.05. The third-order valence-electron chi connectivity index (χ3n) is 4.49. The van der Waals surface area contributed by atoms with Crippen molar-refractivity contribution in [3.8, 4) is 0 Å². The summed E-state index contributed by atoms with van der Waals surface area (Å²) in [6, 6.07) is -1.53. The van der Waals surface area contributed by atoms with E-state index in [1.165, 1.54) is 12.0 Å². The van der Waals surface area contributed by atoms with E-state index in [1.54, 1.807) is 20.8 Å². The molecule has 1 rings (SSSR count). The smallest absolute Gasteiger partial charge is 0.408 e. The molecule has 0 unspecified atom stereocenters. The molecule has 0 bridgehead atoms. The molecule has 2 amide bonds. The number of nitrogens with one attached hydrogen (secondary N) is 1. The average Bonchev–Trinajstić information content (AvgIpc) is 2.91. The summed E-state index contributed by atoms with van der Waals surface area (Å²) in [7, 11) is 1.32. The summed E-state index contributed by atoms with van der Waals surface area (Å²) in [6.07, 6.45) is 2.01. The number of hydrogen-bond donors (Lipinski definition) is 1. The van der Waals surface area contributed by atoms with Gasteiger partial charge in [0.25, 0.3) is 0 Å². The van der Waals surface area contributed by atoms with Gasteiger partial charge in [-0.05, 0) is 46.5 Å². The first-order chi connectivity index (χ1) is 12.7. The lowest BCUT2D eigenvalue weighted by atomic mass is 9.85. The molecule has 0 aliphatic carbocycles. The predicted octanol–water partition coefficient (Wildman–Crippen LogP) is 3.28. The van der Waals surface area contributed by atoms with Gasteiger partial charge in [-0.15, -0.1) is 0 Å². The number of nitrogens with zero attached hydrogens (tertiary/aromatic N) is 1. The Morgan fingerprint density at radius 1 is 1.11 bits per heavy atom. The fourth-order valence-corrected chi connectivity index (χ4v) is 3.33. The first-order valence-corrected chi connectivity index (χ1v) is 9.70. The maximum Gasteiger partial charge on any atom is 0.408 e. The van der Waals surface area contributed by atoms with Crippen molar-refractivity contribution in [1.29, 1.82) is 0 Å². The lowest BCUT2D eigenvalue weighted by Crippen LogP contribution is -2.57. The van der Waals surface area contributed by atoms with Crippen molar-refractivity contribution in [3.63, 3.8) is 0 Å². The van der Waals surface area contributed by atoms with E-state index in [4.69, 9.17) is 9.47 Å². The lowest BCUT2D eigenvalue weighted by Gasteiger charge is -2.36. The van der Waals surface area contributed by atoms with Crippen LogP contribution < -0.4 is 5.32 Å². The fraction of sp³-hybridized carbons (Fsp3) is 0.762. The lowest BCUT2D eigenvalue weighted by molar-refractivity contribution is -0.153. The second-order valence-electron chi connectivity index (χ2n) is 9.64. The third kappa shape index (κ3) is 6.53. The molecule has 160 valence electrons. The van der Waals surface area contributed by atoms with E-state index in [-0.39, 0.29) is 11.8 Å². The van der Waals surface area contributed by atoms with Gasteiger partial charge in [0.2, 0.25) is 5.91 Å². The Balaban J connectivity index is 3.14. The van der Waals surface area contributed by atoms with Gasteiger partial charge in [0.05, 0.1) is 7.11 Å². The Labute approximate surface area is 168 Å². The van der Waals surface area contributed by atoms with Gasteiger partial charge >= 0.3 is 12.1 Å². The number of allylic oxidation sites excluding steroid dienone is 1. The molecule has 1 fully saturated rings. The van der Waals surface area contributed by atoms with Crippen LogP contribution in [0.4, 0.5) is 4.79 Å². The number of carbonyl (C=O) groups excluding carboxylic acids is 3. The van der Waals surface area contributed by atoms with Crippen molar-refractivity contribution < 1.29 is 23.9 Å². The van der Waals surface area contributed by atoms with Crippen LogP contribution in [0.5, 0.6) is 0 Å². The highest BCUT2D eigenvalue weighted by molar-refractivity contribution is 5.91. The molecule has 3 atom stereocenters. The quantitative estimate of drug-likeness (QED) is 0.582. The zero-order valence-electron chi connectivity index (χ0n) is 18.7. The zero-order valence-corrected chi connectivity index (χ0v) is 18.7. The molecule has 1 aliphatic heterocycles. The Morgan fingerprint density at radius 3 is 2.11 bits per heavy atom. The summed E-state index contributed by atoms with van der Waals surface area (Å²) in [5.74, 6) is -0.861. The summed E-state index contributed by atoms with van der Waals surface area (Å²) in [5.41, 5.74) is -0.164. The molecule has 7 nitrogen and oxygen atoms in total. The van der Waals surface area contributed by atoms with E-state index in [0.717, 1.165) is 5.57 Å². The standard InChI is InChI=1S/C21H36N2O5/c1-13(2)12-14-10-11-23(15(14)18(25)27-9)17(24)16(20(3,4)5)22-19(26)28-21(6,7)8/h12,14-16H,10-11H2,1-9H3,(H,22,26)/t14-,15+,16-/m1/s1. The molecule has 1 heterocycles. The van der Waals surface area contributed by atoms with Gasteiger partial charge in [-0.25, -0.2) is 9.59 Å². The highest BCUT2D eigenvalue weighted by atomic mass is 16.6. The topological polar surface area (TPSA) is 84.9 Å². The maximum absolute atomic E-state index is 13.4. The SMILES string of the molecule is COC(=O)[C@@H]1[C@@H](C=C(C)C)CCN1C(=O)[C@@H](NC(=O)OC(C)(C)C)C(C)(C)C. The minimum atomic E-state index is -0.833. The number of methoxy groups -OCH3 is 1. The Morgan fingerprint density at radius 2 is 1.68 bits per heavy atom. The van der Waals surface area contributed by atoms with Crippen molar-refractivity contribution in [2.45, 2.75) is 79.5 Å². The van der Waals surface area contributed by atoms with Crippen LogP contribution in [-0.4, -0.2) is 54.2 Å². The number of likely N-dealkylation sites (tertiary alicyclic amines) is 1. The summed E-state index contributed by atoms with van der Waals surface area (Å²) in [6.45, 7) is 15.2. The van der Waals surface area contributed by atoms with Gasteiger partial charge in [0, 0.05) is 12.5 Å². The van der Waals surface area contributed by atoms with Crippen LogP contribution in [-0.2, 0) is 19.1 Å². The number of hydrogen-bond acceptors (Lipinski definition) is 5. The number of esters is 1. The van der Waals surface area contributed by atoms with Gasteiger partial charge in [0.15, 0.2) is 0 Å². The van der Waals surface area contributed by atoms with E-state index >= 15 is 0 Å². The molecule has 0 aromatic carbocycles. The van der Waals surface area contributed by atoms with Crippen molar-refractivity contribution in [3.05, 3.63) is 11.6 Å². The monoisotopic (exact) mass is 396 g/mol.